The number of carboxylic acid groups (broad SMARTS) is 1. The maximum Gasteiger partial charge on any atom is 0.355 e. The molecule has 5 nitrogen and oxygen atoms in total. The Labute approximate surface area is 115 Å². The quantitative estimate of drug-likeness (QED) is 0.888. The van der Waals surface area contributed by atoms with Gasteiger partial charge in [-0.05, 0) is 30.6 Å². The number of hydrogen-bond donors (Lipinski definition) is 2. The Morgan fingerprint density at radius 1 is 1.47 bits per heavy atom. The molecular formula is C13H16N2O3S. The number of thiazole rings is 1. The van der Waals surface area contributed by atoms with E-state index in [1.165, 1.54) is 11.3 Å². The number of carbonyl (C=O) groups excluding carboxylic acids is 1. The van der Waals surface area contributed by atoms with Gasteiger partial charge >= 0.3 is 5.97 Å². The number of aromatic nitrogens is 1. The van der Waals surface area contributed by atoms with Crippen LogP contribution in [0.2, 0.25) is 0 Å². The molecule has 2 aliphatic rings. The third kappa shape index (κ3) is 2.14. The van der Waals surface area contributed by atoms with Crippen LogP contribution in [0, 0.1) is 11.3 Å². The predicted octanol–water partition coefficient (Wildman–Crippen LogP) is 2.70. The van der Waals surface area contributed by atoms with Gasteiger partial charge in [-0.3, -0.25) is 4.79 Å². The van der Waals surface area contributed by atoms with Crippen LogP contribution in [0.5, 0.6) is 0 Å². The Hall–Kier alpha value is -1.43. The normalized spacial score (nSPS) is 22.6. The van der Waals surface area contributed by atoms with Crippen LogP contribution in [0.15, 0.2) is 0 Å². The van der Waals surface area contributed by atoms with Gasteiger partial charge in [0.25, 0.3) is 0 Å². The van der Waals surface area contributed by atoms with Gasteiger partial charge in [-0.1, -0.05) is 13.8 Å². The number of amides is 1. The number of anilines is 1. The predicted molar refractivity (Wildman–Crippen MR) is 71.6 cm³/mol. The van der Waals surface area contributed by atoms with E-state index < -0.39 is 5.97 Å². The van der Waals surface area contributed by atoms with E-state index in [4.69, 9.17) is 5.11 Å². The fourth-order valence-electron chi connectivity index (χ4n) is 2.55. The summed E-state index contributed by atoms with van der Waals surface area (Å²) in [7, 11) is 0. The SMILES string of the molecule is CC(C)c1sc(NC(=O)C2CC23CC3)nc1C(=O)O. The molecule has 1 heterocycles. The Bertz CT molecular complexity index is 560. The van der Waals surface area contributed by atoms with Crippen molar-refractivity contribution in [2.45, 2.75) is 39.0 Å². The fourth-order valence-corrected chi connectivity index (χ4v) is 3.52. The van der Waals surface area contributed by atoms with Gasteiger partial charge in [-0.15, -0.1) is 11.3 Å². The molecule has 3 rings (SSSR count). The van der Waals surface area contributed by atoms with Crippen molar-refractivity contribution < 1.29 is 14.7 Å². The van der Waals surface area contributed by atoms with Gasteiger partial charge in [-0.25, -0.2) is 9.78 Å². The van der Waals surface area contributed by atoms with Gasteiger partial charge in [0, 0.05) is 10.8 Å². The molecule has 1 unspecified atom stereocenters. The molecule has 0 bridgehead atoms. The molecule has 2 fully saturated rings. The molecule has 0 saturated heterocycles. The van der Waals surface area contributed by atoms with Crippen LogP contribution in [0.4, 0.5) is 5.13 Å². The number of nitrogens with one attached hydrogen (secondary N) is 1. The Morgan fingerprint density at radius 3 is 2.58 bits per heavy atom. The van der Waals surface area contributed by atoms with Crippen LogP contribution in [0.25, 0.3) is 0 Å². The summed E-state index contributed by atoms with van der Waals surface area (Å²) < 4.78 is 0. The molecule has 19 heavy (non-hydrogen) atoms. The molecule has 0 aliphatic heterocycles. The first-order chi connectivity index (χ1) is 8.93. The minimum absolute atomic E-state index is 0.00139. The van der Waals surface area contributed by atoms with Gasteiger partial charge in [0.1, 0.15) is 0 Å². The number of aromatic carboxylic acids is 1. The highest BCUT2D eigenvalue weighted by Gasteiger charge is 2.65. The maximum atomic E-state index is 12.0. The average Bonchev–Trinajstić information content (AvgIpc) is 3.22. The van der Waals surface area contributed by atoms with E-state index in [-0.39, 0.29) is 23.4 Å². The highest BCUT2D eigenvalue weighted by molar-refractivity contribution is 7.16. The van der Waals surface area contributed by atoms with E-state index in [0.717, 1.165) is 19.3 Å². The van der Waals surface area contributed by atoms with E-state index >= 15 is 0 Å². The van der Waals surface area contributed by atoms with Gasteiger partial charge < -0.3 is 10.4 Å². The molecule has 2 N–H and O–H groups in total. The summed E-state index contributed by atoms with van der Waals surface area (Å²) in [6.07, 6.45) is 3.29. The highest BCUT2D eigenvalue weighted by atomic mass is 32.1. The Balaban J connectivity index is 1.75. The first-order valence-electron chi connectivity index (χ1n) is 6.48. The molecule has 0 aromatic carbocycles. The van der Waals surface area contributed by atoms with Gasteiger partial charge in [0.2, 0.25) is 5.91 Å². The summed E-state index contributed by atoms with van der Waals surface area (Å²) in [5.74, 6) is -0.832. The third-order valence-electron chi connectivity index (χ3n) is 4.01. The fraction of sp³-hybridized carbons (Fsp3) is 0.615. The summed E-state index contributed by atoms with van der Waals surface area (Å²) in [6, 6.07) is 0. The number of nitrogens with zero attached hydrogens (tertiary/aromatic N) is 1. The highest BCUT2D eigenvalue weighted by Crippen LogP contribution is 2.70. The van der Waals surface area contributed by atoms with Gasteiger partial charge in [0.05, 0.1) is 0 Å². The molecule has 1 aromatic rings. The van der Waals surface area contributed by atoms with E-state index in [1.807, 2.05) is 13.8 Å². The number of carbonyl (C=O) groups is 2. The lowest BCUT2D eigenvalue weighted by atomic mass is 10.1. The van der Waals surface area contributed by atoms with E-state index in [0.29, 0.717) is 15.4 Å². The molecular weight excluding hydrogens is 264 g/mol. The number of carboxylic acids is 1. The van der Waals surface area contributed by atoms with Crippen LogP contribution in [-0.2, 0) is 4.79 Å². The molecule has 1 aromatic heterocycles. The second kappa shape index (κ2) is 4.03. The molecule has 0 radical (unpaired) electrons. The smallest absolute Gasteiger partial charge is 0.355 e. The van der Waals surface area contributed by atoms with E-state index in [9.17, 15) is 9.59 Å². The molecule has 1 spiro atoms. The number of rotatable bonds is 4. The zero-order valence-corrected chi connectivity index (χ0v) is 11.7. The monoisotopic (exact) mass is 280 g/mol. The summed E-state index contributed by atoms with van der Waals surface area (Å²) in [5.41, 5.74) is 0.366. The maximum absolute atomic E-state index is 12.0. The zero-order chi connectivity index (χ0) is 13.8. The van der Waals surface area contributed by atoms with Crippen molar-refractivity contribution in [3.05, 3.63) is 10.6 Å². The van der Waals surface area contributed by atoms with Crippen LogP contribution in [0.1, 0.15) is 54.4 Å². The van der Waals surface area contributed by atoms with Crippen molar-refractivity contribution in [3.63, 3.8) is 0 Å². The largest absolute Gasteiger partial charge is 0.476 e. The van der Waals surface area contributed by atoms with E-state index in [1.54, 1.807) is 0 Å². The van der Waals surface area contributed by atoms with Crippen molar-refractivity contribution >= 4 is 28.3 Å². The molecule has 2 aliphatic carbocycles. The molecule has 1 amide bonds. The van der Waals surface area contributed by atoms with Crippen LogP contribution in [0.3, 0.4) is 0 Å². The topological polar surface area (TPSA) is 79.3 Å². The lowest BCUT2D eigenvalue weighted by Gasteiger charge is -2.00. The molecule has 2 saturated carbocycles. The summed E-state index contributed by atoms with van der Waals surface area (Å²) in [5, 5.41) is 12.3. The number of hydrogen-bond acceptors (Lipinski definition) is 4. The Morgan fingerprint density at radius 2 is 2.16 bits per heavy atom. The third-order valence-corrected chi connectivity index (χ3v) is 5.28. The first kappa shape index (κ1) is 12.6. The summed E-state index contributed by atoms with van der Waals surface area (Å²) in [4.78, 5) is 27.9. The van der Waals surface area contributed by atoms with Crippen molar-refractivity contribution in [2.75, 3.05) is 5.32 Å². The minimum Gasteiger partial charge on any atom is -0.476 e. The standard InChI is InChI=1S/C13H16N2O3S/c1-6(2)9-8(11(17)18)14-12(19-9)15-10(16)7-5-13(7)3-4-13/h6-7H,3-5H2,1-2H3,(H,17,18)(H,14,15,16). The molecule has 1 atom stereocenters. The second-order valence-corrected chi connectivity index (χ2v) is 6.83. The summed E-state index contributed by atoms with van der Waals surface area (Å²) in [6.45, 7) is 3.84. The van der Waals surface area contributed by atoms with Crippen LogP contribution >= 0.6 is 11.3 Å². The van der Waals surface area contributed by atoms with Crippen LogP contribution < -0.4 is 5.32 Å². The zero-order valence-electron chi connectivity index (χ0n) is 10.9. The van der Waals surface area contributed by atoms with Gasteiger partial charge in [0.15, 0.2) is 10.8 Å². The van der Waals surface area contributed by atoms with Crippen molar-refractivity contribution in [2.24, 2.45) is 11.3 Å². The first-order valence-corrected chi connectivity index (χ1v) is 7.29. The lowest BCUT2D eigenvalue weighted by molar-refractivity contribution is -0.117. The lowest BCUT2D eigenvalue weighted by Crippen LogP contribution is -2.15. The minimum atomic E-state index is -1.04. The Kier molecular flexibility index (Phi) is 2.67. The van der Waals surface area contributed by atoms with Crippen molar-refractivity contribution in [3.8, 4) is 0 Å². The van der Waals surface area contributed by atoms with Gasteiger partial charge in [-0.2, -0.15) is 0 Å². The molecule has 6 heteroatoms. The molecule has 102 valence electrons. The van der Waals surface area contributed by atoms with Crippen molar-refractivity contribution in [1.82, 2.24) is 4.98 Å². The van der Waals surface area contributed by atoms with Crippen LogP contribution in [-0.4, -0.2) is 22.0 Å². The second-order valence-electron chi connectivity index (χ2n) is 5.80. The van der Waals surface area contributed by atoms with E-state index in [2.05, 4.69) is 10.3 Å². The van der Waals surface area contributed by atoms with Crippen molar-refractivity contribution in [1.29, 1.82) is 0 Å². The average molecular weight is 280 g/mol. The summed E-state index contributed by atoms with van der Waals surface area (Å²) >= 11 is 1.27.